The SMILES string of the molecule is COC1C(=O)N(Cc2ccc(Cl)c(Cl)c2)c2ccc(Cl)cc2C1(O)c1ccccc1. The van der Waals surface area contributed by atoms with Gasteiger partial charge >= 0.3 is 0 Å². The minimum absolute atomic E-state index is 0.231. The quantitative estimate of drug-likeness (QED) is 0.561. The van der Waals surface area contributed by atoms with Crippen molar-refractivity contribution in [2.45, 2.75) is 18.2 Å². The fraction of sp³-hybridized carbons (Fsp3) is 0.174. The standard InChI is InChI=1S/C23H18Cl3NO3/c1-30-21-22(28)27(13-14-7-9-18(25)19(26)11-14)20-10-8-16(24)12-17(20)23(21,29)15-5-3-2-4-6-15/h2-12,21,29H,13H2,1H3. The van der Waals surface area contributed by atoms with Crippen LogP contribution in [0, 0.1) is 0 Å². The first-order chi connectivity index (χ1) is 14.4. The predicted octanol–water partition coefficient (Wildman–Crippen LogP) is 5.44. The van der Waals surface area contributed by atoms with Gasteiger partial charge in [0, 0.05) is 17.7 Å². The van der Waals surface area contributed by atoms with Gasteiger partial charge in [-0.1, -0.05) is 71.2 Å². The number of aliphatic hydroxyl groups is 1. The van der Waals surface area contributed by atoms with E-state index in [0.29, 0.717) is 31.9 Å². The van der Waals surface area contributed by atoms with Crippen molar-refractivity contribution in [3.8, 4) is 0 Å². The van der Waals surface area contributed by atoms with E-state index in [0.717, 1.165) is 5.56 Å². The Balaban J connectivity index is 1.88. The molecule has 0 spiro atoms. The maximum Gasteiger partial charge on any atom is 0.260 e. The molecule has 0 saturated carbocycles. The summed E-state index contributed by atoms with van der Waals surface area (Å²) in [6.45, 7) is 0.231. The first-order valence-electron chi connectivity index (χ1n) is 9.22. The molecule has 3 aromatic rings. The molecule has 0 bridgehead atoms. The summed E-state index contributed by atoms with van der Waals surface area (Å²) in [7, 11) is 1.41. The molecule has 1 amide bonds. The second-order valence-electron chi connectivity index (χ2n) is 7.08. The van der Waals surface area contributed by atoms with Crippen molar-refractivity contribution in [3.05, 3.63) is 98.5 Å². The molecule has 154 valence electrons. The molecule has 4 nitrogen and oxygen atoms in total. The summed E-state index contributed by atoms with van der Waals surface area (Å²) in [5.41, 5.74) is 0.686. The number of anilines is 1. The number of fused-ring (bicyclic) bond motifs is 1. The molecule has 2 unspecified atom stereocenters. The lowest BCUT2D eigenvalue weighted by Crippen LogP contribution is -2.57. The molecule has 1 aliphatic rings. The number of halogens is 3. The van der Waals surface area contributed by atoms with Crippen LogP contribution in [0.25, 0.3) is 0 Å². The van der Waals surface area contributed by atoms with Crippen LogP contribution in [0.5, 0.6) is 0 Å². The lowest BCUT2D eigenvalue weighted by Gasteiger charge is -2.44. The van der Waals surface area contributed by atoms with E-state index < -0.39 is 11.7 Å². The lowest BCUT2D eigenvalue weighted by atomic mass is 9.77. The minimum atomic E-state index is -1.69. The van der Waals surface area contributed by atoms with Crippen molar-refractivity contribution in [2.24, 2.45) is 0 Å². The van der Waals surface area contributed by atoms with E-state index in [-0.39, 0.29) is 12.5 Å². The zero-order chi connectivity index (χ0) is 21.5. The van der Waals surface area contributed by atoms with Gasteiger partial charge in [0.2, 0.25) is 0 Å². The smallest absolute Gasteiger partial charge is 0.260 e. The summed E-state index contributed by atoms with van der Waals surface area (Å²) in [4.78, 5) is 15.1. The van der Waals surface area contributed by atoms with Crippen molar-refractivity contribution < 1.29 is 14.6 Å². The molecular weight excluding hydrogens is 445 g/mol. The zero-order valence-electron chi connectivity index (χ0n) is 16.0. The maximum atomic E-state index is 13.5. The highest BCUT2D eigenvalue weighted by atomic mass is 35.5. The lowest BCUT2D eigenvalue weighted by molar-refractivity contribution is -0.145. The summed E-state index contributed by atoms with van der Waals surface area (Å²) in [5, 5.41) is 13.1. The number of hydrogen-bond acceptors (Lipinski definition) is 3. The maximum absolute atomic E-state index is 13.5. The Labute approximate surface area is 189 Å². The van der Waals surface area contributed by atoms with Crippen LogP contribution in [0.3, 0.4) is 0 Å². The van der Waals surface area contributed by atoms with Crippen molar-refractivity contribution in [3.63, 3.8) is 0 Å². The molecule has 0 radical (unpaired) electrons. The van der Waals surface area contributed by atoms with E-state index in [2.05, 4.69) is 0 Å². The Hall–Kier alpha value is -2.08. The Morgan fingerprint density at radius 2 is 1.73 bits per heavy atom. The van der Waals surface area contributed by atoms with E-state index in [1.807, 2.05) is 6.07 Å². The number of carbonyl (C=O) groups is 1. The van der Waals surface area contributed by atoms with E-state index >= 15 is 0 Å². The van der Waals surface area contributed by atoms with Crippen LogP contribution in [0.4, 0.5) is 5.69 Å². The number of nitrogens with zero attached hydrogens (tertiary/aromatic N) is 1. The summed E-state index contributed by atoms with van der Waals surface area (Å²) in [6.07, 6.45) is -1.16. The van der Waals surface area contributed by atoms with Crippen LogP contribution in [-0.2, 0) is 21.7 Å². The molecule has 2 atom stereocenters. The van der Waals surface area contributed by atoms with Gasteiger partial charge in [-0.2, -0.15) is 0 Å². The Morgan fingerprint density at radius 3 is 2.40 bits per heavy atom. The fourth-order valence-electron chi connectivity index (χ4n) is 3.88. The first-order valence-corrected chi connectivity index (χ1v) is 10.4. The number of carbonyl (C=O) groups excluding carboxylic acids is 1. The number of ether oxygens (including phenoxy) is 1. The van der Waals surface area contributed by atoms with Crippen molar-refractivity contribution in [1.82, 2.24) is 0 Å². The zero-order valence-corrected chi connectivity index (χ0v) is 18.2. The van der Waals surface area contributed by atoms with E-state index in [9.17, 15) is 9.90 Å². The van der Waals surface area contributed by atoms with Gasteiger partial charge in [0.1, 0.15) is 0 Å². The second-order valence-corrected chi connectivity index (χ2v) is 8.33. The molecule has 0 aliphatic carbocycles. The predicted molar refractivity (Wildman–Crippen MR) is 119 cm³/mol. The largest absolute Gasteiger partial charge is 0.377 e. The first kappa shape index (κ1) is 21.2. The van der Waals surface area contributed by atoms with Gasteiger partial charge in [-0.05, 0) is 41.5 Å². The Bertz CT molecular complexity index is 1110. The van der Waals surface area contributed by atoms with Crippen LogP contribution >= 0.6 is 34.8 Å². The Kier molecular flexibility index (Phi) is 5.80. The van der Waals surface area contributed by atoms with Gasteiger partial charge in [-0.3, -0.25) is 4.79 Å². The molecular formula is C23H18Cl3NO3. The number of benzene rings is 3. The highest BCUT2D eigenvalue weighted by Crippen LogP contribution is 2.46. The third kappa shape index (κ3) is 3.49. The van der Waals surface area contributed by atoms with Crippen LogP contribution in [0.2, 0.25) is 15.1 Å². The molecule has 3 aromatic carbocycles. The summed E-state index contributed by atoms with van der Waals surface area (Å²) in [6, 6.07) is 19.3. The van der Waals surface area contributed by atoms with Crippen LogP contribution < -0.4 is 4.90 Å². The number of rotatable bonds is 4. The van der Waals surface area contributed by atoms with Crippen molar-refractivity contribution in [1.29, 1.82) is 0 Å². The topological polar surface area (TPSA) is 49.8 Å². The normalized spacial score (nSPS) is 20.9. The van der Waals surface area contributed by atoms with Crippen molar-refractivity contribution in [2.75, 3.05) is 12.0 Å². The van der Waals surface area contributed by atoms with Crippen molar-refractivity contribution >= 4 is 46.4 Å². The third-order valence-corrected chi connectivity index (χ3v) is 6.28. The average Bonchev–Trinajstić information content (AvgIpc) is 2.75. The van der Waals surface area contributed by atoms with E-state index in [1.165, 1.54) is 7.11 Å². The molecule has 1 N–H and O–H groups in total. The molecule has 1 heterocycles. The fourth-order valence-corrected chi connectivity index (χ4v) is 4.38. The van der Waals surface area contributed by atoms with Crippen LogP contribution in [0.1, 0.15) is 16.7 Å². The van der Waals surface area contributed by atoms with E-state index in [4.69, 9.17) is 39.5 Å². The number of amides is 1. The molecule has 4 rings (SSSR count). The highest BCUT2D eigenvalue weighted by Gasteiger charge is 2.52. The van der Waals surface area contributed by atoms with Gasteiger partial charge in [0.15, 0.2) is 11.7 Å². The third-order valence-electron chi connectivity index (χ3n) is 5.30. The monoisotopic (exact) mass is 461 g/mol. The second kappa shape index (κ2) is 8.22. The highest BCUT2D eigenvalue weighted by molar-refractivity contribution is 6.42. The van der Waals surface area contributed by atoms with Gasteiger partial charge < -0.3 is 14.7 Å². The summed E-state index contributed by atoms with van der Waals surface area (Å²) < 4.78 is 5.55. The minimum Gasteiger partial charge on any atom is -0.377 e. The van der Waals surface area contributed by atoms with Gasteiger partial charge in [-0.15, -0.1) is 0 Å². The molecule has 30 heavy (non-hydrogen) atoms. The summed E-state index contributed by atoms with van der Waals surface area (Å²) in [5.74, 6) is -0.371. The number of methoxy groups -OCH3 is 1. The molecule has 7 heteroatoms. The average molecular weight is 463 g/mol. The molecule has 0 fully saturated rings. The number of hydrogen-bond donors (Lipinski definition) is 1. The van der Waals surface area contributed by atoms with Gasteiger partial charge in [0.25, 0.3) is 5.91 Å². The van der Waals surface area contributed by atoms with Crippen LogP contribution in [0.15, 0.2) is 66.7 Å². The van der Waals surface area contributed by atoms with E-state index in [1.54, 1.807) is 65.6 Å². The van der Waals surface area contributed by atoms with Gasteiger partial charge in [0.05, 0.1) is 22.3 Å². The Morgan fingerprint density at radius 1 is 1.00 bits per heavy atom. The van der Waals surface area contributed by atoms with Crippen LogP contribution in [-0.4, -0.2) is 24.2 Å². The van der Waals surface area contributed by atoms with Gasteiger partial charge in [-0.25, -0.2) is 0 Å². The molecule has 1 aliphatic heterocycles. The summed E-state index contributed by atoms with van der Waals surface area (Å²) >= 11 is 18.5. The molecule has 0 saturated heterocycles. The molecule has 0 aromatic heterocycles.